The minimum atomic E-state index is 0.116. The molecule has 0 aliphatic heterocycles. The molecule has 0 aromatic rings. The van der Waals surface area contributed by atoms with Gasteiger partial charge in [0.2, 0.25) is 0 Å². The topological polar surface area (TPSA) is 34.3 Å². The number of hydroxylamine groups is 1. The van der Waals surface area contributed by atoms with Crippen LogP contribution in [0.25, 0.3) is 0 Å². The molecule has 0 saturated carbocycles. The van der Waals surface area contributed by atoms with Crippen LogP contribution in [0.4, 0.5) is 0 Å². The van der Waals surface area contributed by atoms with E-state index in [1.165, 1.54) is 0 Å². The van der Waals surface area contributed by atoms with Gasteiger partial charge in [-0.15, -0.1) is 0 Å². The number of hydrogen-bond donors (Lipinski definition) is 1. The average Bonchev–Trinajstić information content (AvgIpc) is 1.65. The molecule has 0 heterocycles. The van der Waals surface area contributed by atoms with Crippen molar-refractivity contribution in [1.82, 2.24) is 5.48 Å². The second-order valence-electron chi connectivity index (χ2n) is 1.37. The van der Waals surface area contributed by atoms with Gasteiger partial charge in [-0.2, -0.15) is 0 Å². The van der Waals surface area contributed by atoms with Gasteiger partial charge < -0.3 is 0 Å². The highest BCUT2D eigenvalue weighted by molar-refractivity contribution is 4.44. The fraction of sp³-hybridized carbons (Fsp3) is 1.00. The third-order valence-electron chi connectivity index (χ3n) is 0.788. The molecular formula is C4H10NO. The van der Waals surface area contributed by atoms with E-state index < -0.39 is 0 Å². The van der Waals surface area contributed by atoms with Gasteiger partial charge in [0, 0.05) is 0 Å². The van der Waals surface area contributed by atoms with Gasteiger partial charge in [0.05, 0.1) is 6.04 Å². The van der Waals surface area contributed by atoms with Gasteiger partial charge in [-0.3, -0.25) is 5.21 Å². The van der Waals surface area contributed by atoms with Crippen LogP contribution in [0.3, 0.4) is 0 Å². The zero-order chi connectivity index (χ0) is 4.99. The first-order valence-electron chi connectivity index (χ1n) is 2.15. The molecule has 2 heteroatoms. The molecule has 1 atom stereocenters. The fourth-order valence-corrected chi connectivity index (χ4v) is 0.0816. The highest BCUT2D eigenvalue weighted by Gasteiger charge is 1.91. The van der Waals surface area contributed by atoms with Crippen molar-refractivity contribution >= 4 is 0 Å². The molecule has 0 aromatic heterocycles. The van der Waals surface area contributed by atoms with Crippen LogP contribution in [0.5, 0.6) is 0 Å². The Bertz CT molecular complexity index is 26.7. The molecule has 2 nitrogen and oxygen atoms in total. The summed E-state index contributed by atoms with van der Waals surface area (Å²) in [7, 11) is 0. The Kier molecular flexibility index (Phi) is 3.08. The number of hydrogen-bond acceptors (Lipinski definition) is 1. The summed E-state index contributed by atoms with van der Waals surface area (Å²) in [5, 5.41) is 7.96. The van der Waals surface area contributed by atoms with E-state index in [-0.39, 0.29) is 6.04 Å². The molecule has 1 unspecified atom stereocenters. The Balaban J connectivity index is 2.75. The van der Waals surface area contributed by atoms with Gasteiger partial charge in [0.1, 0.15) is 0 Å². The first kappa shape index (κ1) is 5.92. The smallest absolute Gasteiger partial charge is 0.0504 e. The molecule has 37 valence electrons. The van der Waals surface area contributed by atoms with Gasteiger partial charge in [-0.1, -0.05) is 12.4 Å². The van der Waals surface area contributed by atoms with E-state index in [0.717, 1.165) is 6.42 Å². The zero-order valence-corrected chi connectivity index (χ0v) is 4.18. The minimum absolute atomic E-state index is 0.116. The van der Waals surface area contributed by atoms with Crippen molar-refractivity contribution in [2.45, 2.75) is 26.3 Å². The monoisotopic (exact) mass is 88.1 g/mol. The summed E-state index contributed by atoms with van der Waals surface area (Å²) in [5.41, 5.74) is 3.01. The van der Waals surface area contributed by atoms with Crippen LogP contribution in [0.2, 0.25) is 0 Å². The highest BCUT2D eigenvalue weighted by atomic mass is 16.5. The van der Waals surface area contributed by atoms with Gasteiger partial charge in [0.15, 0.2) is 0 Å². The molecular weight excluding hydrogens is 78.0 g/mol. The molecule has 0 aliphatic rings. The van der Waals surface area contributed by atoms with Crippen molar-refractivity contribution in [3.8, 4) is 0 Å². The average molecular weight is 88.1 g/mol. The first-order chi connectivity index (χ1) is 2.81. The lowest BCUT2D eigenvalue weighted by Gasteiger charge is -1.97. The summed E-state index contributed by atoms with van der Waals surface area (Å²) in [6, 6.07) is 0.116. The standard InChI is InChI=1S/C4H10NO/c1-3-4(2)5-6/h4,6H,3H2,1-2H3. The lowest BCUT2D eigenvalue weighted by molar-refractivity contribution is 0.120. The fourth-order valence-electron chi connectivity index (χ4n) is 0.0816. The third-order valence-corrected chi connectivity index (χ3v) is 0.788. The molecule has 0 rings (SSSR count). The normalized spacial score (nSPS) is 14.5. The number of rotatable bonds is 2. The van der Waals surface area contributed by atoms with E-state index in [9.17, 15) is 0 Å². The summed E-state index contributed by atoms with van der Waals surface area (Å²) in [5.74, 6) is 0. The van der Waals surface area contributed by atoms with E-state index in [0.29, 0.717) is 0 Å². The van der Waals surface area contributed by atoms with Crippen molar-refractivity contribution in [2.75, 3.05) is 0 Å². The zero-order valence-electron chi connectivity index (χ0n) is 4.18. The molecule has 0 spiro atoms. The minimum Gasteiger partial charge on any atom is -0.297 e. The van der Waals surface area contributed by atoms with Crippen LogP contribution in [0.15, 0.2) is 0 Å². The summed E-state index contributed by atoms with van der Waals surface area (Å²) >= 11 is 0. The predicted octanol–water partition coefficient (Wildman–Crippen LogP) is 0.778. The summed E-state index contributed by atoms with van der Waals surface area (Å²) < 4.78 is 0. The second-order valence-corrected chi connectivity index (χ2v) is 1.37. The van der Waals surface area contributed by atoms with Crippen LogP contribution < -0.4 is 5.48 Å². The van der Waals surface area contributed by atoms with Crippen LogP contribution >= 0.6 is 0 Å². The Labute approximate surface area is 38.1 Å². The molecule has 1 N–H and O–H groups in total. The molecule has 0 aromatic carbocycles. The SMILES string of the molecule is CCC(C)[N]O. The van der Waals surface area contributed by atoms with E-state index in [4.69, 9.17) is 5.21 Å². The summed E-state index contributed by atoms with van der Waals surface area (Å²) in [6.45, 7) is 3.84. The lowest BCUT2D eigenvalue weighted by Crippen LogP contribution is -2.12. The van der Waals surface area contributed by atoms with E-state index in [1.807, 2.05) is 13.8 Å². The Hall–Kier alpha value is -0.0800. The maximum absolute atomic E-state index is 7.96. The largest absolute Gasteiger partial charge is 0.297 e. The van der Waals surface area contributed by atoms with Gasteiger partial charge in [-0.25, -0.2) is 0 Å². The number of nitrogens with zero attached hydrogens (tertiary/aromatic N) is 1. The summed E-state index contributed by atoms with van der Waals surface area (Å²) in [4.78, 5) is 0. The third kappa shape index (κ3) is 2.18. The van der Waals surface area contributed by atoms with E-state index in [1.54, 1.807) is 0 Å². The van der Waals surface area contributed by atoms with Gasteiger partial charge >= 0.3 is 0 Å². The molecule has 0 fully saturated rings. The van der Waals surface area contributed by atoms with Crippen molar-refractivity contribution in [3.63, 3.8) is 0 Å². The molecule has 0 amide bonds. The molecule has 6 heavy (non-hydrogen) atoms. The van der Waals surface area contributed by atoms with Crippen molar-refractivity contribution in [1.29, 1.82) is 0 Å². The van der Waals surface area contributed by atoms with Crippen LogP contribution in [-0.4, -0.2) is 11.2 Å². The van der Waals surface area contributed by atoms with Crippen LogP contribution in [0.1, 0.15) is 20.3 Å². The molecule has 0 bridgehead atoms. The maximum Gasteiger partial charge on any atom is 0.0504 e. The van der Waals surface area contributed by atoms with Gasteiger partial charge in [-0.05, 0) is 13.3 Å². The summed E-state index contributed by atoms with van der Waals surface area (Å²) in [6.07, 6.45) is 0.913. The Morgan fingerprint density at radius 2 is 2.33 bits per heavy atom. The van der Waals surface area contributed by atoms with Crippen LogP contribution in [-0.2, 0) is 0 Å². The van der Waals surface area contributed by atoms with Crippen molar-refractivity contribution < 1.29 is 5.21 Å². The van der Waals surface area contributed by atoms with E-state index in [2.05, 4.69) is 5.48 Å². The lowest BCUT2D eigenvalue weighted by atomic mass is 10.3. The Morgan fingerprint density at radius 3 is 2.33 bits per heavy atom. The molecule has 0 saturated heterocycles. The Morgan fingerprint density at radius 1 is 1.83 bits per heavy atom. The van der Waals surface area contributed by atoms with Crippen molar-refractivity contribution in [2.24, 2.45) is 0 Å². The molecule has 1 radical (unpaired) electrons. The quantitative estimate of drug-likeness (QED) is 0.497. The van der Waals surface area contributed by atoms with Crippen LogP contribution in [0, 0.1) is 0 Å². The van der Waals surface area contributed by atoms with Crippen molar-refractivity contribution in [3.05, 3.63) is 0 Å². The predicted molar refractivity (Wildman–Crippen MR) is 23.7 cm³/mol. The molecule has 0 aliphatic carbocycles. The highest BCUT2D eigenvalue weighted by Crippen LogP contribution is 1.84. The first-order valence-corrected chi connectivity index (χ1v) is 2.15. The maximum atomic E-state index is 7.96. The van der Waals surface area contributed by atoms with Gasteiger partial charge in [0.25, 0.3) is 0 Å². The second kappa shape index (κ2) is 3.12. The van der Waals surface area contributed by atoms with E-state index >= 15 is 0 Å².